The van der Waals surface area contributed by atoms with E-state index in [9.17, 15) is 4.79 Å². The van der Waals surface area contributed by atoms with E-state index < -0.39 is 0 Å². The molecule has 0 radical (unpaired) electrons. The van der Waals surface area contributed by atoms with E-state index in [-0.39, 0.29) is 5.91 Å². The molecule has 0 N–H and O–H groups in total. The highest BCUT2D eigenvalue weighted by Gasteiger charge is 2.23. The van der Waals surface area contributed by atoms with Gasteiger partial charge in [-0.25, -0.2) is 0 Å². The van der Waals surface area contributed by atoms with E-state index in [0.717, 1.165) is 59.3 Å². The summed E-state index contributed by atoms with van der Waals surface area (Å²) in [6.07, 6.45) is 0.362. The van der Waals surface area contributed by atoms with Gasteiger partial charge in [-0.3, -0.25) is 9.69 Å². The first-order chi connectivity index (χ1) is 14.1. The molecule has 1 saturated heterocycles. The van der Waals surface area contributed by atoms with E-state index in [1.807, 2.05) is 29.2 Å². The van der Waals surface area contributed by atoms with Crippen LogP contribution >= 0.6 is 15.9 Å². The van der Waals surface area contributed by atoms with Crippen LogP contribution in [0.5, 0.6) is 5.75 Å². The summed E-state index contributed by atoms with van der Waals surface area (Å²) in [6, 6.07) is 20.6. The molecule has 0 atom stereocenters. The summed E-state index contributed by atoms with van der Waals surface area (Å²) in [7, 11) is 1.66. The van der Waals surface area contributed by atoms with Gasteiger partial charge in [0.25, 0.3) is 0 Å². The van der Waals surface area contributed by atoms with Gasteiger partial charge in [-0.05, 0) is 34.5 Å². The van der Waals surface area contributed by atoms with Crippen molar-refractivity contribution in [2.75, 3.05) is 33.3 Å². The molecule has 1 aliphatic rings. The van der Waals surface area contributed by atoms with Crippen LogP contribution in [0.2, 0.25) is 0 Å². The van der Waals surface area contributed by atoms with Gasteiger partial charge in [0.15, 0.2) is 0 Å². The first-order valence-corrected chi connectivity index (χ1v) is 10.7. The number of nitrogens with zero attached hydrogens (tertiary/aromatic N) is 2. The van der Waals surface area contributed by atoms with E-state index in [0.29, 0.717) is 6.42 Å². The fourth-order valence-electron chi connectivity index (χ4n) is 3.98. The van der Waals surface area contributed by atoms with Crippen molar-refractivity contribution < 1.29 is 9.53 Å². The second kappa shape index (κ2) is 8.97. The maximum absolute atomic E-state index is 13.1. The molecule has 1 fully saturated rings. The molecule has 0 aliphatic carbocycles. The van der Waals surface area contributed by atoms with Gasteiger partial charge >= 0.3 is 0 Å². The minimum atomic E-state index is 0.165. The van der Waals surface area contributed by atoms with Gasteiger partial charge < -0.3 is 9.64 Å². The smallest absolute Gasteiger partial charge is 0.227 e. The van der Waals surface area contributed by atoms with Crippen molar-refractivity contribution in [2.45, 2.75) is 13.0 Å². The Bertz CT molecular complexity index is 998. The second-order valence-electron chi connectivity index (χ2n) is 7.43. The quantitative estimate of drug-likeness (QED) is 0.571. The van der Waals surface area contributed by atoms with Crippen LogP contribution in [0, 0.1) is 0 Å². The molecule has 0 bridgehead atoms. The summed E-state index contributed by atoms with van der Waals surface area (Å²) < 4.78 is 6.59. The van der Waals surface area contributed by atoms with Crippen LogP contribution in [0.1, 0.15) is 11.1 Å². The van der Waals surface area contributed by atoms with E-state index in [1.165, 1.54) is 5.56 Å². The van der Waals surface area contributed by atoms with E-state index in [4.69, 9.17) is 4.74 Å². The van der Waals surface area contributed by atoms with Crippen LogP contribution < -0.4 is 4.74 Å². The van der Waals surface area contributed by atoms with Crippen molar-refractivity contribution in [3.8, 4) is 5.75 Å². The average Bonchev–Trinajstić information content (AvgIpc) is 2.75. The fourth-order valence-corrected chi connectivity index (χ4v) is 4.36. The molecule has 3 aromatic rings. The minimum absolute atomic E-state index is 0.165. The van der Waals surface area contributed by atoms with Gasteiger partial charge in [0.1, 0.15) is 5.75 Å². The first kappa shape index (κ1) is 19.9. The highest BCUT2D eigenvalue weighted by molar-refractivity contribution is 9.10. The lowest BCUT2D eigenvalue weighted by molar-refractivity contribution is -0.132. The Kier molecular flexibility index (Phi) is 6.16. The molecule has 1 aliphatic heterocycles. The summed E-state index contributed by atoms with van der Waals surface area (Å²) in [5.74, 6) is 0.939. The molecule has 3 aromatic carbocycles. The number of carbonyl (C=O) groups excluding carboxylic acids is 1. The van der Waals surface area contributed by atoms with Crippen molar-refractivity contribution in [2.24, 2.45) is 0 Å². The normalized spacial score (nSPS) is 14.9. The summed E-state index contributed by atoms with van der Waals surface area (Å²) >= 11 is 3.52. The highest BCUT2D eigenvalue weighted by atomic mass is 79.9. The van der Waals surface area contributed by atoms with Crippen molar-refractivity contribution in [1.29, 1.82) is 0 Å². The lowest BCUT2D eigenvalue weighted by Gasteiger charge is -2.35. The summed E-state index contributed by atoms with van der Waals surface area (Å²) in [5.41, 5.74) is 2.29. The van der Waals surface area contributed by atoms with Crippen LogP contribution in [-0.2, 0) is 17.8 Å². The Hall–Kier alpha value is -2.37. The Labute approximate surface area is 180 Å². The third-order valence-corrected chi connectivity index (χ3v) is 6.07. The minimum Gasteiger partial charge on any atom is -0.496 e. The van der Waals surface area contributed by atoms with Crippen molar-refractivity contribution in [1.82, 2.24) is 9.80 Å². The molecule has 0 spiro atoms. The number of benzene rings is 3. The van der Waals surface area contributed by atoms with Crippen molar-refractivity contribution >= 4 is 32.6 Å². The zero-order valence-electron chi connectivity index (χ0n) is 16.6. The number of hydrogen-bond donors (Lipinski definition) is 0. The Morgan fingerprint density at radius 2 is 1.76 bits per heavy atom. The third-order valence-electron chi connectivity index (χ3n) is 5.57. The zero-order valence-corrected chi connectivity index (χ0v) is 18.2. The fraction of sp³-hybridized carbons (Fsp3) is 0.292. The molecule has 0 aromatic heterocycles. The van der Waals surface area contributed by atoms with Crippen LogP contribution in [0.3, 0.4) is 0 Å². The molecule has 5 heteroatoms. The molecule has 0 unspecified atom stereocenters. The summed E-state index contributed by atoms with van der Waals surface area (Å²) in [5, 5.41) is 2.18. The van der Waals surface area contributed by atoms with Gasteiger partial charge in [-0.1, -0.05) is 58.4 Å². The Balaban J connectivity index is 1.44. The molecule has 4 rings (SSSR count). The van der Waals surface area contributed by atoms with Crippen molar-refractivity contribution in [3.63, 3.8) is 0 Å². The van der Waals surface area contributed by atoms with Crippen molar-refractivity contribution in [3.05, 3.63) is 76.3 Å². The number of fused-ring (bicyclic) bond motifs is 1. The molecular weight excluding hydrogens is 428 g/mol. The van der Waals surface area contributed by atoms with Crippen LogP contribution in [0.4, 0.5) is 0 Å². The molecule has 4 nitrogen and oxygen atoms in total. The number of piperazine rings is 1. The zero-order chi connectivity index (χ0) is 20.2. The van der Waals surface area contributed by atoms with Gasteiger partial charge in [-0.15, -0.1) is 0 Å². The molecular formula is C24H25BrN2O2. The van der Waals surface area contributed by atoms with Gasteiger partial charge in [0, 0.05) is 42.8 Å². The number of ether oxygens (including phenoxy) is 1. The van der Waals surface area contributed by atoms with Crippen LogP contribution in [0.25, 0.3) is 10.8 Å². The third kappa shape index (κ3) is 4.62. The number of methoxy groups -OCH3 is 1. The van der Waals surface area contributed by atoms with Crippen LogP contribution in [-0.4, -0.2) is 49.0 Å². The topological polar surface area (TPSA) is 32.8 Å². The Morgan fingerprint density at radius 1 is 1.00 bits per heavy atom. The molecule has 29 heavy (non-hydrogen) atoms. The standard InChI is InChI=1S/C24H25BrN2O2/c1-29-23-10-7-19-15-20(25)8-9-21(19)22(23)16-24(28)27-13-11-26(12-14-27)17-18-5-3-2-4-6-18/h2-10,15H,11-14,16-17H2,1H3. The lowest BCUT2D eigenvalue weighted by atomic mass is 10.00. The molecule has 1 heterocycles. The van der Waals surface area contributed by atoms with Gasteiger partial charge in [0.2, 0.25) is 5.91 Å². The number of amides is 1. The second-order valence-corrected chi connectivity index (χ2v) is 8.35. The highest BCUT2D eigenvalue weighted by Crippen LogP contribution is 2.30. The number of halogens is 1. The SMILES string of the molecule is COc1ccc2cc(Br)ccc2c1CC(=O)N1CCN(Cc2ccccc2)CC1. The maximum Gasteiger partial charge on any atom is 0.227 e. The molecule has 0 saturated carbocycles. The average molecular weight is 453 g/mol. The first-order valence-electron chi connectivity index (χ1n) is 9.93. The monoisotopic (exact) mass is 452 g/mol. The summed E-state index contributed by atoms with van der Waals surface area (Å²) in [4.78, 5) is 17.5. The Morgan fingerprint density at radius 3 is 2.48 bits per heavy atom. The predicted octanol–water partition coefficient (Wildman–Crippen LogP) is 4.50. The number of rotatable bonds is 5. The summed E-state index contributed by atoms with van der Waals surface area (Å²) in [6.45, 7) is 4.28. The molecule has 1 amide bonds. The van der Waals surface area contributed by atoms with E-state index in [1.54, 1.807) is 7.11 Å². The predicted molar refractivity (Wildman–Crippen MR) is 120 cm³/mol. The van der Waals surface area contributed by atoms with E-state index >= 15 is 0 Å². The van der Waals surface area contributed by atoms with Gasteiger partial charge in [0.05, 0.1) is 13.5 Å². The number of hydrogen-bond acceptors (Lipinski definition) is 3. The van der Waals surface area contributed by atoms with Crippen LogP contribution in [0.15, 0.2) is 65.1 Å². The van der Waals surface area contributed by atoms with E-state index in [2.05, 4.69) is 57.2 Å². The lowest BCUT2D eigenvalue weighted by Crippen LogP contribution is -2.48. The van der Waals surface area contributed by atoms with Gasteiger partial charge in [-0.2, -0.15) is 0 Å². The maximum atomic E-state index is 13.1. The number of carbonyl (C=O) groups is 1. The largest absolute Gasteiger partial charge is 0.496 e. The molecule has 150 valence electrons.